The molecular formula is C17H21N5OS. The van der Waals surface area contributed by atoms with Gasteiger partial charge in [-0.05, 0) is 24.6 Å². The van der Waals surface area contributed by atoms with Crippen LogP contribution in [0.15, 0.2) is 24.3 Å². The van der Waals surface area contributed by atoms with E-state index in [1.54, 1.807) is 0 Å². The molecule has 0 atom stereocenters. The highest BCUT2D eigenvalue weighted by molar-refractivity contribution is 7.13. The predicted octanol–water partition coefficient (Wildman–Crippen LogP) is 2.13. The third kappa shape index (κ3) is 4.51. The molecule has 1 saturated heterocycles. The van der Waals surface area contributed by atoms with Crippen molar-refractivity contribution in [3.63, 3.8) is 0 Å². The van der Waals surface area contributed by atoms with Gasteiger partial charge in [0.2, 0.25) is 0 Å². The lowest BCUT2D eigenvalue weighted by molar-refractivity contribution is 0.122. The largest absolute Gasteiger partial charge is 0.469 e. The van der Waals surface area contributed by atoms with Gasteiger partial charge in [-0.15, -0.1) is 10.2 Å². The van der Waals surface area contributed by atoms with Crippen molar-refractivity contribution in [3.8, 4) is 11.3 Å². The summed E-state index contributed by atoms with van der Waals surface area (Å²) in [6, 6.07) is 10.0. The van der Waals surface area contributed by atoms with Crippen LogP contribution in [0.1, 0.15) is 23.1 Å². The van der Waals surface area contributed by atoms with Crippen LogP contribution in [0.3, 0.4) is 0 Å². The van der Waals surface area contributed by atoms with E-state index in [0.717, 1.165) is 44.3 Å². The molecule has 3 rings (SSSR count). The van der Waals surface area contributed by atoms with E-state index in [0.29, 0.717) is 17.4 Å². The number of nitriles is 1. The molecule has 1 fully saturated rings. The summed E-state index contributed by atoms with van der Waals surface area (Å²) in [5, 5.41) is 18.8. The molecule has 7 heteroatoms. The lowest BCUT2D eigenvalue weighted by atomic mass is 10.1. The van der Waals surface area contributed by atoms with Crippen LogP contribution >= 0.6 is 11.3 Å². The minimum atomic E-state index is 0.628. The van der Waals surface area contributed by atoms with Crippen molar-refractivity contribution in [1.29, 1.82) is 5.26 Å². The summed E-state index contributed by atoms with van der Waals surface area (Å²) in [5.41, 5.74) is 1.97. The Bertz CT molecular complexity index is 686. The fraction of sp³-hybridized carbons (Fsp3) is 0.471. The quantitative estimate of drug-likeness (QED) is 0.800. The Morgan fingerprint density at radius 1 is 1.08 bits per heavy atom. The molecule has 1 aliphatic heterocycles. The molecule has 0 aliphatic carbocycles. The first kappa shape index (κ1) is 16.8. The first-order valence-electron chi connectivity index (χ1n) is 8.15. The highest BCUT2D eigenvalue weighted by Crippen LogP contribution is 2.20. The zero-order valence-corrected chi connectivity index (χ0v) is 14.6. The first-order chi connectivity index (χ1) is 11.8. The molecule has 2 heterocycles. The summed E-state index contributed by atoms with van der Waals surface area (Å²) in [6.45, 7) is 8.49. The van der Waals surface area contributed by atoms with Gasteiger partial charge in [-0.2, -0.15) is 5.26 Å². The van der Waals surface area contributed by atoms with Gasteiger partial charge in [-0.1, -0.05) is 23.5 Å². The van der Waals surface area contributed by atoms with Crippen LogP contribution in [0, 0.1) is 11.3 Å². The average molecular weight is 343 g/mol. The fourth-order valence-corrected chi connectivity index (χ4v) is 3.51. The number of benzene rings is 1. The van der Waals surface area contributed by atoms with E-state index in [4.69, 9.17) is 10.00 Å². The Kier molecular flexibility index (Phi) is 5.75. The summed E-state index contributed by atoms with van der Waals surface area (Å²) in [5.74, 6) is 0. The van der Waals surface area contributed by atoms with Crippen LogP contribution in [0.5, 0.6) is 5.19 Å². The van der Waals surface area contributed by atoms with Crippen molar-refractivity contribution in [1.82, 2.24) is 20.0 Å². The Balaban J connectivity index is 1.45. The molecule has 2 aromatic rings. The van der Waals surface area contributed by atoms with Gasteiger partial charge in [0.05, 0.1) is 24.8 Å². The normalized spacial score (nSPS) is 16.0. The van der Waals surface area contributed by atoms with Crippen molar-refractivity contribution in [2.75, 3.05) is 32.8 Å². The molecule has 1 aromatic carbocycles. The van der Waals surface area contributed by atoms with Crippen LogP contribution in [0.4, 0.5) is 0 Å². The third-order valence-electron chi connectivity index (χ3n) is 4.03. The van der Waals surface area contributed by atoms with E-state index in [1.807, 2.05) is 31.2 Å². The van der Waals surface area contributed by atoms with Crippen molar-refractivity contribution in [2.45, 2.75) is 20.0 Å². The molecule has 0 bridgehead atoms. The lowest BCUT2D eigenvalue weighted by Crippen LogP contribution is -2.45. The number of hydrogen-bond donors (Lipinski definition) is 0. The van der Waals surface area contributed by atoms with Crippen molar-refractivity contribution in [3.05, 3.63) is 40.4 Å². The van der Waals surface area contributed by atoms with Gasteiger partial charge >= 0.3 is 0 Å². The molecule has 1 aromatic heterocycles. The zero-order valence-electron chi connectivity index (χ0n) is 13.8. The van der Waals surface area contributed by atoms with Crippen molar-refractivity contribution in [2.24, 2.45) is 0 Å². The minimum absolute atomic E-state index is 0.628. The Morgan fingerprint density at radius 2 is 1.75 bits per heavy atom. The van der Waals surface area contributed by atoms with Crippen LogP contribution < -0.4 is 4.74 Å². The van der Waals surface area contributed by atoms with Gasteiger partial charge in [-0.3, -0.25) is 9.80 Å². The van der Waals surface area contributed by atoms with Crippen LogP contribution in [0.25, 0.3) is 0 Å². The smallest absolute Gasteiger partial charge is 0.294 e. The molecule has 24 heavy (non-hydrogen) atoms. The second-order valence-corrected chi connectivity index (χ2v) is 6.78. The molecular weight excluding hydrogens is 322 g/mol. The summed E-state index contributed by atoms with van der Waals surface area (Å²) in [6.07, 6.45) is 0. The number of hydrogen-bond acceptors (Lipinski definition) is 7. The summed E-state index contributed by atoms with van der Waals surface area (Å²) in [7, 11) is 0. The van der Waals surface area contributed by atoms with E-state index in [-0.39, 0.29) is 0 Å². The molecule has 0 spiro atoms. The topological polar surface area (TPSA) is 65.3 Å². The molecule has 0 amide bonds. The number of aromatic nitrogens is 2. The van der Waals surface area contributed by atoms with Gasteiger partial charge < -0.3 is 4.74 Å². The Hall–Kier alpha value is -2.01. The predicted molar refractivity (Wildman–Crippen MR) is 92.8 cm³/mol. The van der Waals surface area contributed by atoms with E-state index in [9.17, 15) is 0 Å². The fourth-order valence-electron chi connectivity index (χ4n) is 2.72. The molecule has 0 saturated carbocycles. The Labute approximate surface area is 146 Å². The molecule has 0 radical (unpaired) electrons. The van der Waals surface area contributed by atoms with Gasteiger partial charge in [0.1, 0.15) is 5.01 Å². The number of nitrogens with zero attached hydrogens (tertiary/aromatic N) is 5. The van der Waals surface area contributed by atoms with Gasteiger partial charge in [-0.25, -0.2) is 0 Å². The van der Waals surface area contributed by atoms with Crippen LogP contribution in [-0.2, 0) is 13.1 Å². The minimum Gasteiger partial charge on any atom is -0.469 e. The van der Waals surface area contributed by atoms with Crippen LogP contribution in [-0.4, -0.2) is 52.8 Å². The molecule has 0 N–H and O–H groups in total. The van der Waals surface area contributed by atoms with E-state index < -0.39 is 0 Å². The van der Waals surface area contributed by atoms with Crippen molar-refractivity contribution >= 4 is 11.3 Å². The molecule has 126 valence electrons. The summed E-state index contributed by atoms with van der Waals surface area (Å²) < 4.78 is 5.37. The second kappa shape index (κ2) is 8.20. The first-order valence-corrected chi connectivity index (χ1v) is 8.97. The molecule has 0 unspecified atom stereocenters. The van der Waals surface area contributed by atoms with E-state index >= 15 is 0 Å². The zero-order chi connectivity index (χ0) is 16.8. The average Bonchev–Trinajstić information content (AvgIpc) is 3.05. The van der Waals surface area contributed by atoms with E-state index in [2.05, 4.69) is 26.1 Å². The maximum atomic E-state index is 8.85. The van der Waals surface area contributed by atoms with Gasteiger partial charge in [0.25, 0.3) is 5.19 Å². The monoisotopic (exact) mass is 343 g/mol. The van der Waals surface area contributed by atoms with Crippen LogP contribution in [0.2, 0.25) is 0 Å². The summed E-state index contributed by atoms with van der Waals surface area (Å²) in [4.78, 5) is 4.86. The van der Waals surface area contributed by atoms with Crippen molar-refractivity contribution < 1.29 is 4.74 Å². The standard InChI is InChI=1S/C17H21N5OS/c1-2-23-17-20-19-16(24-17)13-22-9-7-21(8-10-22)12-15-5-3-14(11-18)4-6-15/h3-6H,2,7-10,12-13H2,1H3. The maximum Gasteiger partial charge on any atom is 0.294 e. The SMILES string of the molecule is CCOc1nnc(CN2CCN(Cc3ccc(C#N)cc3)CC2)s1. The Morgan fingerprint density at radius 3 is 2.38 bits per heavy atom. The highest BCUT2D eigenvalue weighted by atomic mass is 32.1. The van der Waals surface area contributed by atoms with Gasteiger partial charge in [0, 0.05) is 32.7 Å². The number of rotatable bonds is 6. The molecule has 6 nitrogen and oxygen atoms in total. The lowest BCUT2D eigenvalue weighted by Gasteiger charge is -2.34. The highest BCUT2D eigenvalue weighted by Gasteiger charge is 2.18. The third-order valence-corrected chi connectivity index (χ3v) is 4.85. The van der Waals surface area contributed by atoms with Gasteiger partial charge in [0.15, 0.2) is 0 Å². The summed E-state index contributed by atoms with van der Waals surface area (Å²) >= 11 is 1.53. The molecule has 1 aliphatic rings. The number of ether oxygens (including phenoxy) is 1. The maximum absolute atomic E-state index is 8.85. The second-order valence-electron chi connectivity index (χ2n) is 5.76. The number of piperazine rings is 1. The van der Waals surface area contributed by atoms with E-state index in [1.165, 1.54) is 16.9 Å².